The fourth-order valence-electron chi connectivity index (χ4n) is 5.60. The first-order valence-corrected chi connectivity index (χ1v) is 27.4. The number of unbranched alkanes of at least 4 members (excludes halogenated alkanes) is 2. The van der Waals surface area contributed by atoms with Gasteiger partial charge in [0.15, 0.2) is 16.6 Å². The average molecular weight is 697 g/mol. The fourth-order valence-corrected chi connectivity index (χ4v) is 25.1. The maximum absolute atomic E-state index is 11.0. The van der Waals surface area contributed by atoms with Crippen LogP contribution in [0.4, 0.5) is 11.4 Å². The highest BCUT2D eigenvalue weighted by Gasteiger charge is 2.43. The molecule has 252 valence electrons. The lowest BCUT2D eigenvalue weighted by atomic mass is 10.2. The molecule has 11 nitrogen and oxygen atoms in total. The van der Waals surface area contributed by atoms with Crippen molar-refractivity contribution in [1.29, 1.82) is 0 Å². The Bertz CT molecular complexity index is 1210. The van der Waals surface area contributed by atoms with Crippen molar-refractivity contribution >= 4 is 45.1 Å². The van der Waals surface area contributed by atoms with Gasteiger partial charge in [-0.25, -0.2) is 0 Å². The van der Waals surface area contributed by atoms with E-state index in [1.807, 2.05) is 0 Å². The van der Waals surface area contributed by atoms with Gasteiger partial charge < -0.3 is 21.8 Å². The molecule has 0 spiro atoms. The van der Waals surface area contributed by atoms with E-state index >= 15 is 0 Å². The lowest BCUT2D eigenvalue weighted by Crippen LogP contribution is -2.56. The highest BCUT2D eigenvalue weighted by atomic mass is 28.5. The number of aryl methyl sites for hydroxylation is 2. The molecule has 0 saturated heterocycles. The largest absolute Gasteiger partial charge is 0.494 e. The Morgan fingerprint density at radius 3 is 1.24 bits per heavy atom. The third-order valence-electron chi connectivity index (χ3n) is 7.15. The van der Waals surface area contributed by atoms with Gasteiger partial charge >= 0.3 is 17.1 Å². The van der Waals surface area contributed by atoms with Crippen molar-refractivity contribution < 1.29 is 31.7 Å². The first kappa shape index (κ1) is 38.8. The SMILES string of the molecule is Cc1cc(OCCCC[Si](C)(C)O[Si](C)(C)O[Si](C)(C)O[Si](C)(C)CCCCOc2ccc([N+](=O)[O-])c(C)c2)ccc1[N+](=O)[O-]. The Balaban J connectivity index is 1.73. The number of nitro benzene ring substituents is 2. The second-order valence-electron chi connectivity index (χ2n) is 13.6. The summed E-state index contributed by atoms with van der Waals surface area (Å²) in [5.41, 5.74) is 1.38. The number of hydrogen-bond acceptors (Lipinski definition) is 9. The summed E-state index contributed by atoms with van der Waals surface area (Å²) in [4.78, 5) is 21.3. The van der Waals surface area contributed by atoms with E-state index in [0.29, 0.717) is 35.8 Å². The third kappa shape index (κ3) is 14.3. The predicted molar refractivity (Wildman–Crippen MR) is 188 cm³/mol. The Hall–Kier alpha value is -2.41. The van der Waals surface area contributed by atoms with Gasteiger partial charge in [0.25, 0.3) is 11.4 Å². The fraction of sp³-hybridized carbons (Fsp3) is 0.600. The van der Waals surface area contributed by atoms with Gasteiger partial charge in [-0.3, -0.25) is 20.2 Å². The van der Waals surface area contributed by atoms with E-state index < -0.39 is 33.8 Å². The number of hydrogen-bond donors (Lipinski definition) is 0. The third-order valence-corrected chi connectivity index (χ3v) is 22.6. The molecule has 0 unspecified atom stereocenters. The van der Waals surface area contributed by atoms with E-state index in [1.54, 1.807) is 38.1 Å². The van der Waals surface area contributed by atoms with Crippen LogP contribution in [-0.2, 0) is 12.3 Å². The summed E-state index contributed by atoms with van der Waals surface area (Å²) < 4.78 is 31.8. The Kier molecular flexibility index (Phi) is 14.1. The maximum atomic E-state index is 11.0. The van der Waals surface area contributed by atoms with Crippen molar-refractivity contribution in [3.8, 4) is 11.5 Å². The van der Waals surface area contributed by atoms with Crippen LogP contribution >= 0.6 is 0 Å². The molecule has 0 aliphatic carbocycles. The molecular formula is C30H52N2O9Si4. The van der Waals surface area contributed by atoms with Gasteiger partial charge in [-0.05, 0) is 115 Å². The Morgan fingerprint density at radius 1 is 0.578 bits per heavy atom. The molecular weight excluding hydrogens is 645 g/mol. The van der Waals surface area contributed by atoms with E-state index in [2.05, 4.69) is 52.4 Å². The number of ether oxygens (including phenoxy) is 2. The van der Waals surface area contributed by atoms with Crippen molar-refractivity contribution in [2.45, 2.75) is 104 Å². The zero-order valence-corrected chi connectivity index (χ0v) is 32.7. The Labute approximate surface area is 272 Å². The molecule has 0 aliphatic rings. The quantitative estimate of drug-likeness (QED) is 0.0576. The highest BCUT2D eigenvalue weighted by molar-refractivity contribution is 6.89. The van der Waals surface area contributed by atoms with Crippen LogP contribution in [0.3, 0.4) is 0 Å². The molecule has 0 N–H and O–H groups in total. The molecule has 0 amide bonds. The van der Waals surface area contributed by atoms with Gasteiger partial charge in [-0.1, -0.05) is 12.8 Å². The molecule has 0 aromatic heterocycles. The molecule has 0 heterocycles. The molecule has 0 atom stereocenters. The number of nitrogens with zero attached hydrogens (tertiary/aromatic N) is 2. The van der Waals surface area contributed by atoms with Crippen molar-refractivity contribution in [2.75, 3.05) is 13.2 Å². The normalized spacial score (nSPS) is 12.7. The zero-order chi connectivity index (χ0) is 34.1. The van der Waals surface area contributed by atoms with Crippen molar-refractivity contribution in [3.05, 3.63) is 67.8 Å². The van der Waals surface area contributed by atoms with Gasteiger partial charge in [0, 0.05) is 23.3 Å². The van der Waals surface area contributed by atoms with E-state index in [4.69, 9.17) is 21.8 Å². The van der Waals surface area contributed by atoms with Crippen molar-refractivity contribution in [2.24, 2.45) is 0 Å². The summed E-state index contributed by atoms with van der Waals surface area (Å²) in [6.45, 7) is 21.9. The minimum Gasteiger partial charge on any atom is -0.494 e. The summed E-state index contributed by atoms with van der Waals surface area (Å²) in [5.74, 6) is 1.30. The maximum Gasteiger partial charge on any atom is 0.312 e. The molecule has 45 heavy (non-hydrogen) atoms. The van der Waals surface area contributed by atoms with Crippen LogP contribution in [0.25, 0.3) is 0 Å². The minimum atomic E-state index is -2.44. The molecule has 0 saturated carbocycles. The Morgan fingerprint density at radius 2 is 0.933 bits per heavy atom. The van der Waals surface area contributed by atoms with Crippen LogP contribution in [0.1, 0.15) is 36.8 Å². The molecule has 0 aliphatic heterocycles. The smallest absolute Gasteiger partial charge is 0.312 e. The summed E-state index contributed by atoms with van der Waals surface area (Å²) in [6.07, 6.45) is 3.70. The summed E-state index contributed by atoms with van der Waals surface area (Å²) in [6, 6.07) is 11.7. The molecule has 0 fully saturated rings. The topological polar surface area (TPSA) is 132 Å². The molecule has 15 heteroatoms. The van der Waals surface area contributed by atoms with Crippen molar-refractivity contribution in [1.82, 2.24) is 0 Å². The molecule has 0 bridgehead atoms. The average Bonchev–Trinajstić information content (AvgIpc) is 2.85. The van der Waals surface area contributed by atoms with Crippen LogP contribution < -0.4 is 9.47 Å². The van der Waals surface area contributed by atoms with Crippen molar-refractivity contribution in [3.63, 3.8) is 0 Å². The summed E-state index contributed by atoms with van der Waals surface area (Å²) in [7, 11) is -8.86. The highest BCUT2D eigenvalue weighted by Crippen LogP contribution is 2.29. The van der Waals surface area contributed by atoms with E-state index in [9.17, 15) is 20.2 Å². The lowest BCUT2D eigenvalue weighted by Gasteiger charge is -2.41. The van der Waals surface area contributed by atoms with Gasteiger partial charge in [-0.15, -0.1) is 0 Å². The standard InChI is InChI=1S/C30H52N2O9Si4/c1-25-23-27(15-17-29(25)31(33)34)37-19-11-13-21-42(3,4)39-44(7,8)41-45(9,10)40-43(5,6)22-14-12-20-38-28-16-18-30(32(35)36)26(2)24-28/h15-18,23-24H,11-14,19-22H2,1-10H3. The van der Waals surface area contributed by atoms with Crippen LogP contribution in [0.15, 0.2) is 36.4 Å². The van der Waals surface area contributed by atoms with Crippen LogP contribution in [0.5, 0.6) is 11.5 Å². The van der Waals surface area contributed by atoms with E-state index in [1.165, 1.54) is 12.1 Å². The summed E-state index contributed by atoms with van der Waals surface area (Å²) >= 11 is 0. The van der Waals surface area contributed by atoms with Gasteiger partial charge in [0.1, 0.15) is 11.5 Å². The first-order chi connectivity index (χ1) is 20.7. The second-order valence-corrected chi connectivity index (χ2v) is 29.7. The number of benzene rings is 2. The predicted octanol–water partition coefficient (Wildman–Crippen LogP) is 9.00. The number of nitro groups is 2. The number of rotatable bonds is 20. The second kappa shape index (κ2) is 16.4. The van der Waals surface area contributed by atoms with Gasteiger partial charge in [0.2, 0.25) is 0 Å². The molecule has 2 rings (SSSR count). The molecule has 0 radical (unpaired) electrons. The monoisotopic (exact) mass is 696 g/mol. The van der Waals surface area contributed by atoms with Crippen LogP contribution in [0.2, 0.25) is 64.5 Å². The van der Waals surface area contributed by atoms with E-state index in [0.717, 1.165) is 37.8 Å². The van der Waals surface area contributed by atoms with Crippen LogP contribution in [-0.4, -0.2) is 56.8 Å². The van der Waals surface area contributed by atoms with Gasteiger partial charge in [-0.2, -0.15) is 0 Å². The summed E-state index contributed by atoms with van der Waals surface area (Å²) in [5, 5.41) is 22.0. The van der Waals surface area contributed by atoms with Crippen LogP contribution in [0, 0.1) is 34.1 Å². The minimum absolute atomic E-state index is 0.0997. The molecule has 2 aromatic carbocycles. The lowest BCUT2D eigenvalue weighted by molar-refractivity contribution is -0.385. The van der Waals surface area contributed by atoms with Gasteiger partial charge in [0.05, 0.1) is 23.1 Å². The zero-order valence-electron chi connectivity index (χ0n) is 28.7. The first-order valence-electron chi connectivity index (χ1n) is 15.6. The van der Waals surface area contributed by atoms with E-state index in [-0.39, 0.29) is 21.2 Å². The molecule has 2 aromatic rings.